The Morgan fingerprint density at radius 2 is 1.69 bits per heavy atom. The minimum Gasteiger partial charge on any atom is -0.454 e. The summed E-state index contributed by atoms with van der Waals surface area (Å²) >= 11 is 6.03. The van der Waals surface area contributed by atoms with Gasteiger partial charge in [-0.05, 0) is 30.3 Å². The number of esters is 1. The maximum Gasteiger partial charge on any atom is 0.325 e. The third kappa shape index (κ3) is 5.96. The van der Waals surface area contributed by atoms with E-state index in [4.69, 9.17) is 16.3 Å². The molecule has 152 valence electrons. The highest BCUT2D eigenvalue weighted by molar-refractivity contribution is 6.30. The van der Waals surface area contributed by atoms with Crippen molar-refractivity contribution in [1.29, 1.82) is 0 Å². The molecule has 0 aliphatic carbocycles. The highest BCUT2D eigenvalue weighted by Crippen LogP contribution is 2.20. The zero-order valence-electron chi connectivity index (χ0n) is 15.8. The Kier molecular flexibility index (Phi) is 7.08. The van der Waals surface area contributed by atoms with E-state index in [1.165, 1.54) is 0 Å². The lowest BCUT2D eigenvalue weighted by Gasteiger charge is -2.36. The Labute approximate surface area is 174 Å². The average Bonchev–Trinajstić information content (AvgIpc) is 2.76. The maximum absolute atomic E-state index is 12.3. The number of nitrogens with one attached hydrogen (secondary N) is 1. The van der Waals surface area contributed by atoms with Crippen LogP contribution < -0.4 is 10.2 Å². The number of ether oxygens (including phenoxy) is 1. The molecule has 1 saturated heterocycles. The number of hydrogen-bond donors (Lipinski definition) is 1. The number of nitrogens with zero attached hydrogens (tertiary/aromatic N) is 2. The van der Waals surface area contributed by atoms with Gasteiger partial charge in [-0.2, -0.15) is 0 Å². The molecule has 2 amide bonds. The van der Waals surface area contributed by atoms with E-state index in [9.17, 15) is 14.4 Å². The van der Waals surface area contributed by atoms with E-state index in [-0.39, 0.29) is 25.0 Å². The van der Waals surface area contributed by atoms with Gasteiger partial charge in [0.25, 0.3) is 11.8 Å². The molecule has 1 aliphatic rings. The molecule has 0 radical (unpaired) electrons. The van der Waals surface area contributed by atoms with Gasteiger partial charge < -0.3 is 19.9 Å². The van der Waals surface area contributed by atoms with Gasteiger partial charge in [-0.15, -0.1) is 0 Å². The summed E-state index contributed by atoms with van der Waals surface area (Å²) in [5, 5.41) is 3.15. The van der Waals surface area contributed by atoms with Crippen molar-refractivity contribution in [3.05, 3.63) is 65.2 Å². The summed E-state index contributed by atoms with van der Waals surface area (Å²) < 4.78 is 4.99. The summed E-state index contributed by atoms with van der Waals surface area (Å²) in [6.45, 7) is 1.79. The zero-order chi connectivity index (χ0) is 20.6. The molecule has 1 heterocycles. The lowest BCUT2D eigenvalue weighted by atomic mass is 10.2. The average molecular weight is 416 g/mol. The van der Waals surface area contributed by atoms with E-state index in [0.29, 0.717) is 36.8 Å². The molecule has 1 fully saturated rings. The fraction of sp³-hybridized carbons (Fsp3) is 0.286. The van der Waals surface area contributed by atoms with E-state index in [2.05, 4.69) is 10.2 Å². The van der Waals surface area contributed by atoms with Gasteiger partial charge in [-0.25, -0.2) is 0 Å². The van der Waals surface area contributed by atoms with Crippen molar-refractivity contribution in [2.75, 3.05) is 44.2 Å². The first-order valence-electron chi connectivity index (χ1n) is 9.30. The number of amides is 2. The number of carbonyl (C=O) groups is 3. The van der Waals surface area contributed by atoms with Crippen LogP contribution in [0.2, 0.25) is 5.02 Å². The molecule has 1 N–H and O–H groups in total. The topological polar surface area (TPSA) is 78.9 Å². The molecule has 0 aromatic heterocycles. The Morgan fingerprint density at radius 1 is 0.966 bits per heavy atom. The van der Waals surface area contributed by atoms with Crippen LogP contribution in [0.1, 0.15) is 10.4 Å². The van der Waals surface area contributed by atoms with Gasteiger partial charge in [0.2, 0.25) is 0 Å². The van der Waals surface area contributed by atoms with Crippen LogP contribution in [-0.4, -0.2) is 62.0 Å². The molecule has 8 heteroatoms. The molecule has 0 spiro atoms. The number of carbonyl (C=O) groups excluding carboxylic acids is 3. The number of piperazine rings is 1. The van der Waals surface area contributed by atoms with Crippen LogP contribution in [0.15, 0.2) is 54.6 Å². The standard InChI is InChI=1S/C21H22ClN3O4/c22-17-7-4-8-18(13-17)24-9-11-25(12-10-24)19(26)15-29-20(27)14-23-21(28)16-5-2-1-3-6-16/h1-8,13H,9-12,14-15H2,(H,23,28). The molecule has 0 saturated carbocycles. The summed E-state index contributed by atoms with van der Waals surface area (Å²) in [7, 11) is 0. The van der Waals surface area contributed by atoms with Crippen LogP contribution in [0.4, 0.5) is 5.69 Å². The van der Waals surface area contributed by atoms with Gasteiger partial charge in [0.1, 0.15) is 6.54 Å². The van der Waals surface area contributed by atoms with Gasteiger partial charge in [0, 0.05) is 42.5 Å². The molecule has 2 aromatic rings. The maximum atomic E-state index is 12.3. The van der Waals surface area contributed by atoms with Crippen molar-refractivity contribution in [2.45, 2.75) is 0 Å². The lowest BCUT2D eigenvalue weighted by molar-refractivity contribution is -0.151. The van der Waals surface area contributed by atoms with Crippen LogP contribution in [0.25, 0.3) is 0 Å². The number of anilines is 1. The molecule has 3 rings (SSSR count). The van der Waals surface area contributed by atoms with Gasteiger partial charge in [0.05, 0.1) is 0 Å². The highest BCUT2D eigenvalue weighted by Gasteiger charge is 2.22. The van der Waals surface area contributed by atoms with Crippen LogP contribution in [0.5, 0.6) is 0 Å². The smallest absolute Gasteiger partial charge is 0.325 e. The lowest BCUT2D eigenvalue weighted by Crippen LogP contribution is -2.50. The molecule has 29 heavy (non-hydrogen) atoms. The second-order valence-electron chi connectivity index (χ2n) is 6.56. The van der Waals surface area contributed by atoms with Crippen molar-refractivity contribution in [2.24, 2.45) is 0 Å². The van der Waals surface area contributed by atoms with E-state index in [1.54, 1.807) is 35.2 Å². The van der Waals surface area contributed by atoms with Gasteiger partial charge >= 0.3 is 5.97 Å². The first kappa shape index (κ1) is 20.7. The minimum absolute atomic E-state index is 0.251. The number of hydrogen-bond acceptors (Lipinski definition) is 5. The van der Waals surface area contributed by atoms with Crippen molar-refractivity contribution in [3.8, 4) is 0 Å². The van der Waals surface area contributed by atoms with Crippen molar-refractivity contribution in [3.63, 3.8) is 0 Å². The largest absolute Gasteiger partial charge is 0.454 e. The zero-order valence-corrected chi connectivity index (χ0v) is 16.6. The Balaban J connectivity index is 1.37. The number of benzene rings is 2. The first-order chi connectivity index (χ1) is 14.0. The van der Waals surface area contributed by atoms with E-state index in [0.717, 1.165) is 5.69 Å². The summed E-state index contributed by atoms with van der Waals surface area (Å²) in [6.07, 6.45) is 0. The van der Waals surface area contributed by atoms with Gasteiger partial charge in [-0.1, -0.05) is 35.9 Å². The second-order valence-corrected chi connectivity index (χ2v) is 6.99. The van der Waals surface area contributed by atoms with Gasteiger partial charge in [0.15, 0.2) is 6.61 Å². The predicted octanol–water partition coefficient (Wildman–Crippen LogP) is 1.96. The summed E-state index contributed by atoms with van der Waals surface area (Å²) in [4.78, 5) is 39.8. The van der Waals surface area contributed by atoms with Crippen molar-refractivity contribution in [1.82, 2.24) is 10.2 Å². The third-order valence-corrected chi connectivity index (χ3v) is 4.83. The number of halogens is 1. The molecule has 0 bridgehead atoms. The Hall–Kier alpha value is -3.06. The summed E-state index contributed by atoms with van der Waals surface area (Å²) in [5.41, 5.74) is 1.47. The van der Waals surface area contributed by atoms with E-state index in [1.807, 2.05) is 24.3 Å². The predicted molar refractivity (Wildman–Crippen MR) is 110 cm³/mol. The van der Waals surface area contributed by atoms with Crippen LogP contribution >= 0.6 is 11.6 Å². The van der Waals surface area contributed by atoms with E-state index >= 15 is 0 Å². The monoisotopic (exact) mass is 415 g/mol. The first-order valence-corrected chi connectivity index (χ1v) is 9.68. The van der Waals surface area contributed by atoms with Crippen LogP contribution in [0.3, 0.4) is 0 Å². The fourth-order valence-corrected chi connectivity index (χ4v) is 3.20. The second kappa shape index (κ2) is 9.93. The Morgan fingerprint density at radius 3 is 2.38 bits per heavy atom. The molecule has 0 atom stereocenters. The molecule has 7 nitrogen and oxygen atoms in total. The molecule has 0 unspecified atom stereocenters. The third-order valence-electron chi connectivity index (χ3n) is 4.59. The quantitative estimate of drug-likeness (QED) is 0.730. The summed E-state index contributed by atoms with van der Waals surface area (Å²) in [5.74, 6) is -1.27. The van der Waals surface area contributed by atoms with Gasteiger partial charge in [-0.3, -0.25) is 14.4 Å². The Bertz CT molecular complexity index is 867. The molecule has 1 aliphatic heterocycles. The molecular formula is C21H22ClN3O4. The highest BCUT2D eigenvalue weighted by atomic mass is 35.5. The normalized spacial score (nSPS) is 13.7. The van der Waals surface area contributed by atoms with E-state index < -0.39 is 5.97 Å². The molecule has 2 aromatic carbocycles. The number of rotatable bonds is 6. The summed E-state index contributed by atoms with van der Waals surface area (Å²) in [6, 6.07) is 16.1. The van der Waals surface area contributed by atoms with Crippen molar-refractivity contribution >= 4 is 35.1 Å². The van der Waals surface area contributed by atoms with Crippen LogP contribution in [0, 0.1) is 0 Å². The van der Waals surface area contributed by atoms with Crippen LogP contribution in [-0.2, 0) is 14.3 Å². The molecular weight excluding hydrogens is 394 g/mol. The minimum atomic E-state index is -0.653. The van der Waals surface area contributed by atoms with Crippen molar-refractivity contribution < 1.29 is 19.1 Å². The fourth-order valence-electron chi connectivity index (χ4n) is 3.02. The SMILES string of the molecule is O=C(CNC(=O)c1ccccc1)OCC(=O)N1CCN(c2cccc(Cl)c2)CC1.